The topological polar surface area (TPSA) is 168 Å². The van der Waals surface area contributed by atoms with Crippen molar-refractivity contribution in [2.24, 2.45) is 0 Å². The standard InChI is InChI=1S/C23H28O11/c1-30-15-6-5-14(18(25)21(15)31-2)12-7-11-3-4-13(8-16(11)32-10-12)33-23(29)22(28)20(27)19(26)17(9-24)34-23/h3-6,8,12,17,19-20,22,24-29H,7,9-10H2,1-2H3/t12?,17-,19-,20+,22-,23-/m1/s1. The van der Waals surface area contributed by atoms with Gasteiger partial charge in [-0.3, -0.25) is 0 Å². The summed E-state index contributed by atoms with van der Waals surface area (Å²) < 4.78 is 26.9. The number of fused-ring (bicyclic) bond motifs is 1. The molecule has 1 unspecified atom stereocenters. The molecule has 11 nitrogen and oxygen atoms in total. The molecule has 11 heteroatoms. The van der Waals surface area contributed by atoms with Crippen molar-refractivity contribution in [2.75, 3.05) is 27.4 Å². The van der Waals surface area contributed by atoms with Crippen LogP contribution in [0.15, 0.2) is 30.3 Å². The number of aliphatic hydroxyl groups excluding tert-OH is 4. The van der Waals surface area contributed by atoms with E-state index in [1.807, 2.05) is 0 Å². The first-order valence-electron chi connectivity index (χ1n) is 10.7. The van der Waals surface area contributed by atoms with E-state index < -0.39 is 37.0 Å². The highest BCUT2D eigenvalue weighted by molar-refractivity contribution is 5.57. The zero-order valence-electron chi connectivity index (χ0n) is 18.6. The maximum Gasteiger partial charge on any atom is 0.355 e. The summed E-state index contributed by atoms with van der Waals surface area (Å²) in [5.74, 6) is -1.73. The van der Waals surface area contributed by atoms with Crippen LogP contribution < -0.4 is 18.9 Å². The van der Waals surface area contributed by atoms with Crippen LogP contribution in [-0.2, 0) is 11.2 Å². The molecule has 1 saturated heterocycles. The zero-order valence-corrected chi connectivity index (χ0v) is 18.6. The SMILES string of the molecule is COc1ccc(C2COc3cc(O[C@@]4(O)O[C@H](CO)[C@@H](O)[C@H](O)[C@H]4O)ccc3C2)c(O)c1OC. The van der Waals surface area contributed by atoms with Crippen molar-refractivity contribution in [2.45, 2.75) is 42.7 Å². The van der Waals surface area contributed by atoms with Crippen LogP contribution in [0.2, 0.25) is 0 Å². The van der Waals surface area contributed by atoms with Crippen LogP contribution in [0, 0.1) is 0 Å². The Bertz CT molecular complexity index is 1030. The van der Waals surface area contributed by atoms with Crippen molar-refractivity contribution in [3.63, 3.8) is 0 Å². The van der Waals surface area contributed by atoms with E-state index >= 15 is 0 Å². The Morgan fingerprint density at radius 3 is 2.50 bits per heavy atom. The first-order valence-corrected chi connectivity index (χ1v) is 10.7. The molecule has 34 heavy (non-hydrogen) atoms. The predicted octanol–water partition coefficient (Wildman–Crippen LogP) is -0.373. The van der Waals surface area contributed by atoms with Gasteiger partial charge < -0.3 is 54.3 Å². The highest BCUT2D eigenvalue weighted by Crippen LogP contribution is 2.45. The summed E-state index contributed by atoms with van der Waals surface area (Å²) in [6, 6.07) is 8.16. The lowest BCUT2D eigenvalue weighted by molar-refractivity contribution is -0.422. The maximum absolute atomic E-state index is 10.7. The van der Waals surface area contributed by atoms with E-state index in [0.717, 1.165) is 5.56 Å². The molecule has 2 aromatic rings. The van der Waals surface area contributed by atoms with Gasteiger partial charge in [-0.25, -0.2) is 0 Å². The fourth-order valence-electron chi connectivity index (χ4n) is 4.25. The average molecular weight is 480 g/mol. The van der Waals surface area contributed by atoms with Crippen LogP contribution in [0.5, 0.6) is 28.7 Å². The molecule has 6 atom stereocenters. The number of benzene rings is 2. The molecular formula is C23H28O11. The van der Waals surface area contributed by atoms with E-state index in [0.29, 0.717) is 23.5 Å². The van der Waals surface area contributed by atoms with Gasteiger partial charge in [-0.05, 0) is 24.1 Å². The third kappa shape index (κ3) is 4.22. The van der Waals surface area contributed by atoms with Crippen LogP contribution in [0.1, 0.15) is 17.0 Å². The van der Waals surface area contributed by atoms with Crippen molar-refractivity contribution in [3.8, 4) is 28.7 Å². The van der Waals surface area contributed by atoms with Crippen molar-refractivity contribution < 1.29 is 54.3 Å². The van der Waals surface area contributed by atoms with Gasteiger partial charge in [-0.2, -0.15) is 0 Å². The molecule has 0 radical (unpaired) electrons. The molecule has 0 saturated carbocycles. The number of rotatable bonds is 6. The predicted molar refractivity (Wildman–Crippen MR) is 115 cm³/mol. The van der Waals surface area contributed by atoms with Crippen molar-refractivity contribution in [3.05, 3.63) is 41.5 Å². The minimum atomic E-state index is -2.71. The molecule has 6 N–H and O–H groups in total. The Labute approximate surface area is 195 Å². The molecule has 0 aromatic heterocycles. The molecule has 2 aliphatic rings. The van der Waals surface area contributed by atoms with E-state index in [4.69, 9.17) is 23.7 Å². The number of phenolic OH excluding ortho intramolecular Hbond substituents is 1. The Hall–Kier alpha value is -2.80. The van der Waals surface area contributed by atoms with Gasteiger partial charge in [-0.1, -0.05) is 12.1 Å². The summed E-state index contributed by atoms with van der Waals surface area (Å²) in [5, 5.41) is 60.6. The van der Waals surface area contributed by atoms with Crippen molar-refractivity contribution in [1.82, 2.24) is 0 Å². The summed E-state index contributed by atoms with van der Waals surface area (Å²) in [4.78, 5) is 0. The van der Waals surface area contributed by atoms with E-state index in [2.05, 4.69) is 0 Å². The fraction of sp³-hybridized carbons (Fsp3) is 0.478. The molecule has 0 spiro atoms. The Balaban J connectivity index is 1.53. The molecule has 0 amide bonds. The monoisotopic (exact) mass is 480 g/mol. The molecule has 0 aliphatic carbocycles. The first kappa shape index (κ1) is 24.3. The smallest absolute Gasteiger partial charge is 0.355 e. The van der Waals surface area contributed by atoms with E-state index in [1.54, 1.807) is 18.2 Å². The Morgan fingerprint density at radius 2 is 1.82 bits per heavy atom. The minimum Gasteiger partial charge on any atom is -0.504 e. The minimum absolute atomic E-state index is 0.0244. The lowest BCUT2D eigenvalue weighted by atomic mass is 9.89. The van der Waals surface area contributed by atoms with Gasteiger partial charge in [-0.15, -0.1) is 0 Å². The number of hydrogen-bond donors (Lipinski definition) is 6. The summed E-state index contributed by atoms with van der Waals surface area (Å²) in [7, 11) is 2.93. The van der Waals surface area contributed by atoms with Crippen LogP contribution in [0.25, 0.3) is 0 Å². The van der Waals surface area contributed by atoms with Gasteiger partial charge in [0.2, 0.25) is 5.75 Å². The molecule has 0 bridgehead atoms. The third-order valence-corrected chi connectivity index (χ3v) is 6.13. The molecular weight excluding hydrogens is 452 g/mol. The normalized spacial score (nSPS) is 30.7. The second-order valence-corrected chi connectivity index (χ2v) is 8.22. The highest BCUT2D eigenvalue weighted by atomic mass is 16.8. The number of aromatic hydroxyl groups is 1. The lowest BCUT2D eigenvalue weighted by Gasteiger charge is -2.44. The molecule has 186 valence electrons. The van der Waals surface area contributed by atoms with Gasteiger partial charge in [0.05, 0.1) is 27.4 Å². The van der Waals surface area contributed by atoms with Gasteiger partial charge >= 0.3 is 5.97 Å². The van der Waals surface area contributed by atoms with E-state index in [1.165, 1.54) is 26.4 Å². The van der Waals surface area contributed by atoms with E-state index in [9.17, 15) is 30.6 Å². The van der Waals surface area contributed by atoms with Crippen LogP contribution in [0.4, 0.5) is 0 Å². The Morgan fingerprint density at radius 1 is 1.06 bits per heavy atom. The van der Waals surface area contributed by atoms with Crippen LogP contribution >= 0.6 is 0 Å². The molecule has 1 fully saturated rings. The lowest BCUT2D eigenvalue weighted by Crippen LogP contribution is -2.67. The molecule has 2 aliphatic heterocycles. The quantitative estimate of drug-likeness (QED) is 0.298. The first-order chi connectivity index (χ1) is 16.2. The van der Waals surface area contributed by atoms with Gasteiger partial charge in [0.1, 0.15) is 29.8 Å². The highest BCUT2D eigenvalue weighted by Gasteiger charge is 2.55. The number of methoxy groups -OCH3 is 2. The van der Waals surface area contributed by atoms with Gasteiger partial charge in [0.25, 0.3) is 0 Å². The molecule has 4 rings (SSSR count). The third-order valence-electron chi connectivity index (χ3n) is 6.13. The maximum atomic E-state index is 10.7. The van der Waals surface area contributed by atoms with E-state index in [-0.39, 0.29) is 29.8 Å². The Kier molecular flexibility index (Phi) is 6.76. The average Bonchev–Trinajstić information content (AvgIpc) is 2.84. The summed E-state index contributed by atoms with van der Waals surface area (Å²) in [5.41, 5.74) is 1.44. The number of ether oxygens (including phenoxy) is 5. The fourth-order valence-corrected chi connectivity index (χ4v) is 4.25. The number of aliphatic hydroxyl groups is 5. The van der Waals surface area contributed by atoms with Crippen LogP contribution in [-0.4, -0.2) is 88.5 Å². The number of hydrogen-bond acceptors (Lipinski definition) is 11. The van der Waals surface area contributed by atoms with Crippen LogP contribution in [0.3, 0.4) is 0 Å². The second-order valence-electron chi connectivity index (χ2n) is 8.22. The van der Waals surface area contributed by atoms with Gasteiger partial charge in [0, 0.05) is 17.5 Å². The second kappa shape index (κ2) is 9.45. The largest absolute Gasteiger partial charge is 0.504 e. The molecule has 2 heterocycles. The van der Waals surface area contributed by atoms with Crippen molar-refractivity contribution in [1.29, 1.82) is 0 Å². The summed E-state index contributed by atoms with van der Waals surface area (Å²) in [6.07, 6.45) is -6.26. The summed E-state index contributed by atoms with van der Waals surface area (Å²) >= 11 is 0. The van der Waals surface area contributed by atoms with Gasteiger partial charge in [0.15, 0.2) is 17.6 Å². The van der Waals surface area contributed by atoms with Crippen molar-refractivity contribution >= 4 is 0 Å². The zero-order chi connectivity index (χ0) is 24.6. The molecule has 2 aromatic carbocycles. The summed E-state index contributed by atoms with van der Waals surface area (Å²) in [6.45, 7) is -0.478. The number of phenols is 1.